The first kappa shape index (κ1) is 17.6. The van der Waals surface area contributed by atoms with Crippen molar-refractivity contribution in [3.8, 4) is 5.75 Å². The first-order chi connectivity index (χ1) is 11.1. The van der Waals surface area contributed by atoms with Crippen molar-refractivity contribution >= 4 is 39.8 Å². The van der Waals surface area contributed by atoms with Crippen LogP contribution in [-0.2, 0) is 4.79 Å². The highest BCUT2D eigenvalue weighted by Crippen LogP contribution is 2.31. The average molecular weight is 352 g/mol. The Hall–Kier alpha value is -1.80. The molecular weight excluding hydrogens is 332 g/mol. The third-order valence-electron chi connectivity index (χ3n) is 3.10. The highest BCUT2D eigenvalue weighted by molar-refractivity contribution is 8.01. The molecule has 0 aliphatic carbocycles. The van der Waals surface area contributed by atoms with Gasteiger partial charge in [-0.2, -0.15) is 0 Å². The molecular formula is C15H20N4O2S2. The Balaban J connectivity index is 1.89. The number of carbonyl (C=O) groups is 1. The van der Waals surface area contributed by atoms with Crippen molar-refractivity contribution in [2.75, 3.05) is 18.2 Å². The number of rotatable bonds is 8. The minimum absolute atomic E-state index is 0.0128. The van der Waals surface area contributed by atoms with Gasteiger partial charge in [0, 0.05) is 6.04 Å². The number of hydrogen-bond donors (Lipinski definition) is 2. The molecule has 1 atom stereocenters. The maximum absolute atomic E-state index is 11.8. The standard InChI is InChI=1S/C15H20N4O2S2/c1-4-10(2)16-13(20)9-22-15-19-18-14(23-15)17-11-7-5-6-8-12(11)21-3/h5-8,10H,4,9H2,1-3H3,(H,16,20)(H,17,18)/t10-/m0/s1. The highest BCUT2D eigenvalue weighted by Gasteiger charge is 2.11. The van der Waals surface area contributed by atoms with Gasteiger partial charge in [0.2, 0.25) is 11.0 Å². The zero-order valence-corrected chi connectivity index (χ0v) is 15.0. The van der Waals surface area contributed by atoms with Crippen LogP contribution < -0.4 is 15.4 Å². The number of nitrogens with zero attached hydrogens (tertiary/aromatic N) is 2. The quantitative estimate of drug-likeness (QED) is 0.710. The summed E-state index contributed by atoms with van der Waals surface area (Å²) in [5, 5.41) is 14.9. The number of anilines is 2. The molecule has 0 bridgehead atoms. The van der Waals surface area contributed by atoms with Gasteiger partial charge in [-0.15, -0.1) is 10.2 Å². The van der Waals surface area contributed by atoms with Crippen LogP contribution >= 0.6 is 23.1 Å². The second-order valence-electron chi connectivity index (χ2n) is 4.86. The van der Waals surface area contributed by atoms with E-state index in [1.54, 1.807) is 7.11 Å². The van der Waals surface area contributed by atoms with Crippen molar-refractivity contribution in [3.05, 3.63) is 24.3 Å². The van der Waals surface area contributed by atoms with Crippen LogP contribution in [0, 0.1) is 0 Å². The van der Waals surface area contributed by atoms with Crippen LogP contribution in [0.1, 0.15) is 20.3 Å². The van der Waals surface area contributed by atoms with Gasteiger partial charge in [0.15, 0.2) is 4.34 Å². The van der Waals surface area contributed by atoms with Crippen molar-refractivity contribution in [2.24, 2.45) is 0 Å². The molecule has 124 valence electrons. The lowest BCUT2D eigenvalue weighted by molar-refractivity contribution is -0.119. The van der Waals surface area contributed by atoms with Crippen LogP contribution in [0.25, 0.3) is 0 Å². The van der Waals surface area contributed by atoms with Gasteiger partial charge in [0.1, 0.15) is 5.75 Å². The Morgan fingerprint density at radius 2 is 2.17 bits per heavy atom. The number of nitrogens with one attached hydrogen (secondary N) is 2. The first-order valence-corrected chi connectivity index (χ1v) is 9.08. The van der Waals surface area contributed by atoms with Crippen molar-refractivity contribution in [1.29, 1.82) is 0 Å². The summed E-state index contributed by atoms with van der Waals surface area (Å²) in [6.45, 7) is 4.03. The van der Waals surface area contributed by atoms with E-state index >= 15 is 0 Å². The molecule has 2 N–H and O–H groups in total. The Morgan fingerprint density at radius 3 is 2.91 bits per heavy atom. The van der Waals surface area contributed by atoms with E-state index in [0.717, 1.165) is 22.2 Å². The third kappa shape index (κ3) is 5.40. The van der Waals surface area contributed by atoms with Gasteiger partial charge in [-0.05, 0) is 25.5 Å². The number of thioether (sulfide) groups is 1. The van der Waals surface area contributed by atoms with Gasteiger partial charge < -0.3 is 15.4 Å². The Kier molecular flexibility index (Phi) is 6.66. The molecule has 23 heavy (non-hydrogen) atoms. The van der Waals surface area contributed by atoms with E-state index in [1.807, 2.05) is 38.1 Å². The molecule has 2 aromatic rings. The fourth-order valence-electron chi connectivity index (χ4n) is 1.73. The molecule has 0 fully saturated rings. The number of ether oxygens (including phenoxy) is 1. The molecule has 1 heterocycles. The number of benzene rings is 1. The maximum Gasteiger partial charge on any atom is 0.230 e. The minimum Gasteiger partial charge on any atom is -0.495 e. The summed E-state index contributed by atoms with van der Waals surface area (Å²) < 4.78 is 6.04. The van der Waals surface area contributed by atoms with Gasteiger partial charge in [-0.3, -0.25) is 4.79 Å². The molecule has 0 spiro atoms. The van der Waals surface area contributed by atoms with Crippen LogP contribution in [0.4, 0.5) is 10.8 Å². The maximum atomic E-state index is 11.8. The van der Waals surface area contributed by atoms with E-state index in [2.05, 4.69) is 20.8 Å². The lowest BCUT2D eigenvalue weighted by Gasteiger charge is -2.10. The van der Waals surface area contributed by atoms with Crippen molar-refractivity contribution in [1.82, 2.24) is 15.5 Å². The molecule has 0 unspecified atom stereocenters. The van der Waals surface area contributed by atoms with E-state index in [-0.39, 0.29) is 11.9 Å². The normalized spacial score (nSPS) is 11.8. The lowest BCUT2D eigenvalue weighted by atomic mass is 10.3. The lowest BCUT2D eigenvalue weighted by Crippen LogP contribution is -2.33. The van der Waals surface area contributed by atoms with E-state index in [9.17, 15) is 4.79 Å². The van der Waals surface area contributed by atoms with Crippen LogP contribution in [0.2, 0.25) is 0 Å². The molecule has 8 heteroatoms. The number of amides is 1. The SMILES string of the molecule is CC[C@H](C)NC(=O)CSc1nnc(Nc2ccccc2OC)s1. The van der Waals surface area contributed by atoms with Gasteiger partial charge in [-0.25, -0.2) is 0 Å². The van der Waals surface area contributed by atoms with Crippen LogP contribution in [0.15, 0.2) is 28.6 Å². The fraction of sp³-hybridized carbons (Fsp3) is 0.400. The smallest absolute Gasteiger partial charge is 0.230 e. The zero-order chi connectivity index (χ0) is 16.7. The largest absolute Gasteiger partial charge is 0.495 e. The molecule has 1 aromatic heterocycles. The molecule has 0 saturated heterocycles. The first-order valence-electron chi connectivity index (χ1n) is 7.28. The number of para-hydroxylation sites is 2. The van der Waals surface area contributed by atoms with Crippen molar-refractivity contribution in [2.45, 2.75) is 30.6 Å². The second kappa shape index (κ2) is 8.73. The van der Waals surface area contributed by atoms with E-state index in [0.29, 0.717) is 10.9 Å². The molecule has 6 nitrogen and oxygen atoms in total. The molecule has 1 amide bonds. The van der Waals surface area contributed by atoms with Crippen molar-refractivity contribution in [3.63, 3.8) is 0 Å². The van der Waals surface area contributed by atoms with Gasteiger partial charge in [-0.1, -0.05) is 42.2 Å². The summed E-state index contributed by atoms with van der Waals surface area (Å²) in [5.74, 6) is 1.09. The highest BCUT2D eigenvalue weighted by atomic mass is 32.2. The molecule has 0 radical (unpaired) electrons. The molecule has 0 saturated carbocycles. The minimum atomic E-state index is 0.0128. The monoisotopic (exact) mass is 352 g/mol. The van der Waals surface area contributed by atoms with Crippen LogP contribution in [-0.4, -0.2) is 35.0 Å². The molecule has 0 aliphatic rings. The third-order valence-corrected chi connectivity index (χ3v) is 5.07. The number of hydrogen-bond acceptors (Lipinski definition) is 7. The summed E-state index contributed by atoms with van der Waals surface area (Å²) in [6.07, 6.45) is 0.919. The second-order valence-corrected chi connectivity index (χ2v) is 7.06. The van der Waals surface area contributed by atoms with E-state index < -0.39 is 0 Å². The average Bonchev–Trinajstić information content (AvgIpc) is 3.01. The van der Waals surface area contributed by atoms with E-state index in [1.165, 1.54) is 23.1 Å². The Morgan fingerprint density at radius 1 is 1.39 bits per heavy atom. The van der Waals surface area contributed by atoms with E-state index in [4.69, 9.17) is 4.74 Å². The molecule has 2 rings (SSSR count). The summed E-state index contributed by atoms with van der Waals surface area (Å²) in [5.41, 5.74) is 0.831. The summed E-state index contributed by atoms with van der Waals surface area (Å²) >= 11 is 2.79. The topological polar surface area (TPSA) is 76.1 Å². The van der Waals surface area contributed by atoms with Gasteiger partial charge in [0.05, 0.1) is 18.6 Å². The van der Waals surface area contributed by atoms with Gasteiger partial charge >= 0.3 is 0 Å². The fourth-order valence-corrected chi connectivity index (χ4v) is 3.30. The van der Waals surface area contributed by atoms with Crippen molar-refractivity contribution < 1.29 is 9.53 Å². The summed E-state index contributed by atoms with van der Waals surface area (Å²) in [6, 6.07) is 7.80. The van der Waals surface area contributed by atoms with Gasteiger partial charge in [0.25, 0.3) is 0 Å². The number of aromatic nitrogens is 2. The Labute approximate surface area is 144 Å². The Bertz CT molecular complexity index is 648. The van der Waals surface area contributed by atoms with Crippen LogP contribution in [0.5, 0.6) is 5.75 Å². The summed E-state index contributed by atoms with van der Waals surface area (Å²) in [7, 11) is 1.62. The zero-order valence-electron chi connectivity index (χ0n) is 13.3. The predicted molar refractivity (Wildman–Crippen MR) is 94.8 cm³/mol. The number of carbonyl (C=O) groups excluding carboxylic acids is 1. The molecule has 0 aliphatic heterocycles. The number of methoxy groups -OCH3 is 1. The summed E-state index contributed by atoms with van der Waals surface area (Å²) in [4.78, 5) is 11.8. The predicted octanol–water partition coefficient (Wildman–Crippen LogP) is 3.30. The molecule has 1 aromatic carbocycles. The van der Waals surface area contributed by atoms with Crippen LogP contribution in [0.3, 0.4) is 0 Å².